The van der Waals surface area contributed by atoms with E-state index in [4.69, 9.17) is 22.1 Å². The van der Waals surface area contributed by atoms with Crippen LogP contribution in [0.2, 0.25) is 5.02 Å². The highest BCUT2D eigenvalue weighted by Gasteiger charge is 2.09. The molecular weight excluding hydrogens is 224 g/mol. The van der Waals surface area contributed by atoms with E-state index in [1.165, 1.54) is 0 Å². The van der Waals surface area contributed by atoms with E-state index < -0.39 is 0 Å². The summed E-state index contributed by atoms with van der Waals surface area (Å²) in [7, 11) is 1.72. The first-order valence-electron chi connectivity index (χ1n) is 5.50. The lowest BCUT2D eigenvalue weighted by Gasteiger charge is -2.15. The lowest BCUT2D eigenvalue weighted by molar-refractivity contribution is 0.107. The van der Waals surface area contributed by atoms with Gasteiger partial charge >= 0.3 is 0 Å². The minimum atomic E-state index is 0.123. The third kappa shape index (κ3) is 4.47. The molecule has 0 saturated carbocycles. The van der Waals surface area contributed by atoms with Gasteiger partial charge < -0.3 is 10.5 Å². The third-order valence-corrected chi connectivity index (χ3v) is 3.03. The van der Waals surface area contributed by atoms with Gasteiger partial charge in [-0.05, 0) is 37.8 Å². The standard InChI is InChI=1S/C12H19ClN2O/c1-9(16-2)3-4-11(14)7-10-5-6-15-8-12(10)13/h5-6,8-9,11H,3-4,7,14H2,1-2H3. The van der Waals surface area contributed by atoms with Crippen LogP contribution in [0.15, 0.2) is 18.5 Å². The summed E-state index contributed by atoms with van der Waals surface area (Å²) >= 11 is 6.02. The molecule has 0 amide bonds. The number of halogens is 1. The summed E-state index contributed by atoms with van der Waals surface area (Å²) in [5.41, 5.74) is 7.11. The molecule has 1 heterocycles. The number of nitrogens with two attached hydrogens (primary N) is 1. The predicted molar refractivity (Wildman–Crippen MR) is 66.6 cm³/mol. The number of hydrogen-bond acceptors (Lipinski definition) is 3. The van der Waals surface area contributed by atoms with Crippen molar-refractivity contribution in [2.45, 2.75) is 38.3 Å². The summed E-state index contributed by atoms with van der Waals surface area (Å²) in [6.45, 7) is 2.05. The molecule has 0 fully saturated rings. The highest BCUT2D eigenvalue weighted by atomic mass is 35.5. The Hall–Kier alpha value is -0.640. The Bertz CT molecular complexity index is 320. The molecule has 16 heavy (non-hydrogen) atoms. The fraction of sp³-hybridized carbons (Fsp3) is 0.583. The molecule has 1 aromatic rings. The molecule has 0 bridgehead atoms. The van der Waals surface area contributed by atoms with Crippen LogP contribution >= 0.6 is 11.6 Å². The van der Waals surface area contributed by atoms with Crippen LogP contribution in [0.4, 0.5) is 0 Å². The number of nitrogens with zero attached hydrogens (tertiary/aromatic N) is 1. The summed E-state index contributed by atoms with van der Waals surface area (Å²) in [4.78, 5) is 3.95. The maximum absolute atomic E-state index is 6.04. The Balaban J connectivity index is 2.40. The summed E-state index contributed by atoms with van der Waals surface area (Å²) in [5.74, 6) is 0. The van der Waals surface area contributed by atoms with E-state index in [0.29, 0.717) is 5.02 Å². The van der Waals surface area contributed by atoms with Gasteiger partial charge in [-0.25, -0.2) is 0 Å². The highest BCUT2D eigenvalue weighted by molar-refractivity contribution is 6.31. The highest BCUT2D eigenvalue weighted by Crippen LogP contribution is 2.16. The number of methoxy groups -OCH3 is 1. The summed E-state index contributed by atoms with van der Waals surface area (Å²) in [5, 5.41) is 0.692. The van der Waals surface area contributed by atoms with Crippen LogP contribution in [0.25, 0.3) is 0 Å². The van der Waals surface area contributed by atoms with Crippen molar-refractivity contribution >= 4 is 11.6 Å². The van der Waals surface area contributed by atoms with Crippen LogP contribution in [-0.4, -0.2) is 24.2 Å². The fourth-order valence-electron chi connectivity index (χ4n) is 1.52. The normalized spacial score (nSPS) is 14.8. The molecule has 3 nitrogen and oxygen atoms in total. The van der Waals surface area contributed by atoms with Gasteiger partial charge in [0.15, 0.2) is 0 Å². The molecule has 0 aliphatic rings. The second-order valence-electron chi connectivity index (χ2n) is 4.05. The van der Waals surface area contributed by atoms with Crippen molar-refractivity contribution in [2.24, 2.45) is 5.73 Å². The van der Waals surface area contributed by atoms with Gasteiger partial charge in [0.1, 0.15) is 0 Å². The third-order valence-electron chi connectivity index (χ3n) is 2.68. The smallest absolute Gasteiger partial charge is 0.0621 e. The quantitative estimate of drug-likeness (QED) is 0.834. The van der Waals surface area contributed by atoms with Gasteiger partial charge in [0.05, 0.1) is 11.1 Å². The molecule has 2 atom stereocenters. The molecule has 0 aromatic carbocycles. The maximum Gasteiger partial charge on any atom is 0.0621 e. The Labute approximate surface area is 102 Å². The van der Waals surface area contributed by atoms with Crippen molar-refractivity contribution < 1.29 is 4.74 Å². The fourth-order valence-corrected chi connectivity index (χ4v) is 1.72. The first-order chi connectivity index (χ1) is 7.63. The molecule has 0 aliphatic heterocycles. The van der Waals surface area contributed by atoms with Crippen LogP contribution in [0.5, 0.6) is 0 Å². The summed E-state index contributed by atoms with van der Waals surface area (Å²) in [6.07, 6.45) is 6.36. The van der Waals surface area contributed by atoms with E-state index >= 15 is 0 Å². The van der Waals surface area contributed by atoms with Gasteiger partial charge in [-0.2, -0.15) is 0 Å². The minimum Gasteiger partial charge on any atom is -0.382 e. The van der Waals surface area contributed by atoms with Crippen LogP contribution in [0.3, 0.4) is 0 Å². The van der Waals surface area contributed by atoms with E-state index in [1.807, 2.05) is 13.0 Å². The van der Waals surface area contributed by atoms with Gasteiger partial charge in [0.25, 0.3) is 0 Å². The van der Waals surface area contributed by atoms with Crippen molar-refractivity contribution in [1.82, 2.24) is 4.98 Å². The second kappa shape index (κ2) is 6.84. The van der Waals surface area contributed by atoms with Crippen LogP contribution in [0.1, 0.15) is 25.3 Å². The zero-order chi connectivity index (χ0) is 12.0. The molecule has 1 rings (SSSR count). The molecular formula is C12H19ClN2O. The molecule has 0 saturated heterocycles. The molecule has 0 radical (unpaired) electrons. The monoisotopic (exact) mass is 242 g/mol. The molecule has 4 heteroatoms. The topological polar surface area (TPSA) is 48.1 Å². The number of pyridine rings is 1. The Morgan fingerprint density at radius 2 is 2.25 bits per heavy atom. The van der Waals surface area contributed by atoms with Crippen molar-refractivity contribution in [3.05, 3.63) is 29.0 Å². The average Bonchev–Trinajstić information content (AvgIpc) is 2.29. The van der Waals surface area contributed by atoms with Gasteiger partial charge in [-0.15, -0.1) is 0 Å². The van der Waals surface area contributed by atoms with E-state index in [-0.39, 0.29) is 12.1 Å². The maximum atomic E-state index is 6.04. The zero-order valence-electron chi connectivity index (χ0n) is 9.82. The molecule has 90 valence electrons. The van der Waals surface area contributed by atoms with Crippen LogP contribution < -0.4 is 5.73 Å². The predicted octanol–water partition coefficient (Wildman–Crippen LogP) is 2.42. The Kier molecular flexibility index (Phi) is 5.74. The molecule has 0 aliphatic carbocycles. The van der Waals surface area contributed by atoms with E-state index in [9.17, 15) is 0 Å². The Morgan fingerprint density at radius 3 is 2.88 bits per heavy atom. The number of ether oxygens (including phenoxy) is 1. The van der Waals surface area contributed by atoms with E-state index in [1.54, 1.807) is 19.5 Å². The lowest BCUT2D eigenvalue weighted by atomic mass is 10.0. The van der Waals surface area contributed by atoms with Crippen molar-refractivity contribution in [1.29, 1.82) is 0 Å². The minimum absolute atomic E-state index is 0.123. The largest absolute Gasteiger partial charge is 0.382 e. The lowest BCUT2D eigenvalue weighted by Crippen LogP contribution is -2.24. The van der Waals surface area contributed by atoms with Crippen LogP contribution in [-0.2, 0) is 11.2 Å². The molecule has 2 unspecified atom stereocenters. The number of rotatable bonds is 6. The van der Waals surface area contributed by atoms with Gasteiger partial charge in [0.2, 0.25) is 0 Å². The van der Waals surface area contributed by atoms with E-state index in [0.717, 1.165) is 24.8 Å². The molecule has 2 N–H and O–H groups in total. The van der Waals surface area contributed by atoms with Crippen LogP contribution in [0, 0.1) is 0 Å². The van der Waals surface area contributed by atoms with Gasteiger partial charge in [-0.3, -0.25) is 4.98 Å². The van der Waals surface area contributed by atoms with Crippen molar-refractivity contribution in [3.63, 3.8) is 0 Å². The van der Waals surface area contributed by atoms with Gasteiger partial charge in [0, 0.05) is 25.5 Å². The second-order valence-corrected chi connectivity index (χ2v) is 4.46. The first-order valence-corrected chi connectivity index (χ1v) is 5.88. The number of hydrogen-bond donors (Lipinski definition) is 1. The van der Waals surface area contributed by atoms with E-state index in [2.05, 4.69) is 4.98 Å². The molecule has 0 spiro atoms. The number of aromatic nitrogens is 1. The van der Waals surface area contributed by atoms with Gasteiger partial charge in [-0.1, -0.05) is 11.6 Å². The average molecular weight is 243 g/mol. The Morgan fingerprint density at radius 1 is 1.50 bits per heavy atom. The summed E-state index contributed by atoms with van der Waals surface area (Å²) < 4.78 is 5.18. The molecule has 1 aromatic heterocycles. The zero-order valence-corrected chi connectivity index (χ0v) is 10.6. The summed E-state index contributed by atoms with van der Waals surface area (Å²) in [6, 6.07) is 2.04. The van der Waals surface area contributed by atoms with Crippen molar-refractivity contribution in [2.75, 3.05) is 7.11 Å². The SMILES string of the molecule is COC(C)CCC(N)Cc1ccncc1Cl. The first kappa shape index (κ1) is 13.4. The van der Waals surface area contributed by atoms with Crippen molar-refractivity contribution in [3.8, 4) is 0 Å².